The zero-order valence-electron chi connectivity index (χ0n) is 12.9. The van der Waals surface area contributed by atoms with Crippen molar-refractivity contribution in [1.29, 1.82) is 0 Å². The van der Waals surface area contributed by atoms with Crippen LogP contribution >= 0.6 is 0 Å². The highest BCUT2D eigenvalue weighted by Gasteiger charge is 2.33. The first-order valence-corrected chi connectivity index (χ1v) is 7.75. The second-order valence-electron chi connectivity index (χ2n) is 5.84. The van der Waals surface area contributed by atoms with E-state index in [0.717, 1.165) is 11.1 Å². The molecular weight excluding hydrogens is 282 g/mol. The van der Waals surface area contributed by atoms with Crippen LogP contribution in [0.5, 0.6) is 0 Å². The first-order valence-electron chi connectivity index (χ1n) is 7.75. The fourth-order valence-electron chi connectivity index (χ4n) is 3.03. The van der Waals surface area contributed by atoms with Crippen LogP contribution in [0.1, 0.15) is 36.8 Å². The number of aliphatic hydroxyl groups is 1. The Morgan fingerprint density at radius 2 is 1.91 bits per heavy atom. The van der Waals surface area contributed by atoms with Crippen molar-refractivity contribution in [2.75, 3.05) is 19.7 Å². The Kier molecular flexibility index (Phi) is 5.55. The fourth-order valence-corrected chi connectivity index (χ4v) is 3.03. The first-order chi connectivity index (χ1) is 10.5. The summed E-state index contributed by atoms with van der Waals surface area (Å²) in [5.41, 5.74) is 2.11. The van der Waals surface area contributed by atoms with Crippen LogP contribution in [0.3, 0.4) is 0 Å². The number of carbonyl (C=O) groups excluding carboxylic acids is 1. The van der Waals surface area contributed by atoms with Gasteiger partial charge in [0.25, 0.3) is 0 Å². The number of aliphatic hydroxyl groups excluding tert-OH is 1. The molecule has 0 aliphatic carbocycles. The molecule has 1 amide bonds. The van der Waals surface area contributed by atoms with Crippen molar-refractivity contribution in [3.63, 3.8) is 0 Å². The Morgan fingerprint density at radius 3 is 2.45 bits per heavy atom. The average molecular weight is 305 g/mol. The number of carboxylic acid groups (broad SMARTS) is 1. The minimum Gasteiger partial charge on any atom is -0.481 e. The molecule has 0 spiro atoms. The summed E-state index contributed by atoms with van der Waals surface area (Å²) in [6.07, 6.45) is 1.57. The molecule has 0 saturated carbocycles. The van der Waals surface area contributed by atoms with Gasteiger partial charge in [0.2, 0.25) is 5.91 Å². The number of aliphatic carboxylic acids is 1. The lowest BCUT2D eigenvalue weighted by atomic mass is 9.84. The molecule has 2 N–H and O–H groups in total. The molecule has 120 valence electrons. The van der Waals surface area contributed by atoms with Crippen LogP contribution in [-0.4, -0.2) is 46.7 Å². The van der Waals surface area contributed by atoms with Crippen LogP contribution in [0.25, 0.3) is 0 Å². The van der Waals surface area contributed by atoms with E-state index in [1.165, 1.54) is 0 Å². The van der Waals surface area contributed by atoms with Gasteiger partial charge in [-0.15, -0.1) is 0 Å². The van der Waals surface area contributed by atoms with Gasteiger partial charge in [0, 0.05) is 32.0 Å². The molecule has 1 heterocycles. The molecule has 0 bridgehead atoms. The van der Waals surface area contributed by atoms with Crippen LogP contribution in [0.2, 0.25) is 0 Å². The highest BCUT2D eigenvalue weighted by molar-refractivity contribution is 5.78. The number of hydrogen-bond acceptors (Lipinski definition) is 3. The molecule has 2 unspecified atom stereocenters. The van der Waals surface area contributed by atoms with Gasteiger partial charge in [0.05, 0.1) is 5.92 Å². The molecule has 1 aromatic carbocycles. The quantitative estimate of drug-likeness (QED) is 0.867. The van der Waals surface area contributed by atoms with Gasteiger partial charge in [0.15, 0.2) is 0 Å². The number of rotatable bonds is 5. The molecule has 1 aromatic rings. The van der Waals surface area contributed by atoms with Gasteiger partial charge in [-0.3, -0.25) is 9.59 Å². The molecule has 1 saturated heterocycles. The standard InChI is InChI=1S/C17H23NO4/c1-2-16(20)18-10-14(9-15(11-18)17(21)22)13-5-3-12(4-6-13)7-8-19/h3-6,14-15,19H,2,7-11H2,1H3,(H,21,22). The van der Waals surface area contributed by atoms with E-state index in [9.17, 15) is 14.7 Å². The summed E-state index contributed by atoms with van der Waals surface area (Å²) < 4.78 is 0. The van der Waals surface area contributed by atoms with E-state index >= 15 is 0 Å². The zero-order valence-corrected chi connectivity index (χ0v) is 12.9. The Bertz CT molecular complexity index is 526. The highest BCUT2D eigenvalue weighted by atomic mass is 16.4. The van der Waals surface area contributed by atoms with Crippen molar-refractivity contribution >= 4 is 11.9 Å². The summed E-state index contributed by atoms with van der Waals surface area (Å²) in [5, 5.41) is 18.3. The SMILES string of the molecule is CCC(=O)N1CC(C(=O)O)CC(c2ccc(CCO)cc2)C1. The van der Waals surface area contributed by atoms with E-state index in [2.05, 4.69) is 0 Å². The van der Waals surface area contributed by atoms with E-state index < -0.39 is 11.9 Å². The Labute approximate surface area is 130 Å². The first kappa shape index (κ1) is 16.5. The van der Waals surface area contributed by atoms with Crippen molar-refractivity contribution in [2.24, 2.45) is 5.92 Å². The number of nitrogens with zero attached hydrogens (tertiary/aromatic N) is 1. The van der Waals surface area contributed by atoms with Gasteiger partial charge >= 0.3 is 5.97 Å². The molecule has 5 nitrogen and oxygen atoms in total. The third-order valence-corrected chi connectivity index (χ3v) is 4.31. The number of amides is 1. The molecule has 1 aliphatic heterocycles. The third-order valence-electron chi connectivity index (χ3n) is 4.31. The predicted octanol–water partition coefficient (Wildman–Crippen LogP) is 1.65. The van der Waals surface area contributed by atoms with Gasteiger partial charge in [0.1, 0.15) is 0 Å². The van der Waals surface area contributed by atoms with Crippen molar-refractivity contribution in [3.05, 3.63) is 35.4 Å². The molecule has 2 rings (SSSR count). The zero-order chi connectivity index (χ0) is 16.1. The minimum atomic E-state index is -0.837. The molecule has 0 radical (unpaired) electrons. The number of carboxylic acids is 1. The summed E-state index contributed by atoms with van der Waals surface area (Å²) in [6, 6.07) is 7.88. The summed E-state index contributed by atoms with van der Waals surface area (Å²) >= 11 is 0. The molecular formula is C17H23NO4. The number of likely N-dealkylation sites (tertiary alicyclic amines) is 1. The maximum Gasteiger partial charge on any atom is 0.308 e. The molecule has 1 fully saturated rings. The highest BCUT2D eigenvalue weighted by Crippen LogP contribution is 2.31. The van der Waals surface area contributed by atoms with Gasteiger partial charge < -0.3 is 15.1 Å². The van der Waals surface area contributed by atoms with E-state index in [1.807, 2.05) is 24.3 Å². The van der Waals surface area contributed by atoms with E-state index in [1.54, 1.807) is 11.8 Å². The maximum atomic E-state index is 12.0. The number of piperidine rings is 1. The largest absolute Gasteiger partial charge is 0.481 e. The number of carbonyl (C=O) groups is 2. The fraction of sp³-hybridized carbons (Fsp3) is 0.529. The summed E-state index contributed by atoms with van der Waals surface area (Å²) in [4.78, 5) is 25.0. The van der Waals surface area contributed by atoms with Crippen molar-refractivity contribution in [2.45, 2.75) is 32.1 Å². The lowest BCUT2D eigenvalue weighted by Gasteiger charge is -2.36. The Morgan fingerprint density at radius 1 is 1.23 bits per heavy atom. The van der Waals surface area contributed by atoms with Gasteiger partial charge in [-0.25, -0.2) is 0 Å². The van der Waals surface area contributed by atoms with Gasteiger partial charge in [-0.2, -0.15) is 0 Å². The average Bonchev–Trinajstić information content (AvgIpc) is 2.54. The summed E-state index contributed by atoms with van der Waals surface area (Å²) in [7, 11) is 0. The Balaban J connectivity index is 2.16. The minimum absolute atomic E-state index is 0.00727. The number of hydrogen-bond donors (Lipinski definition) is 2. The van der Waals surface area contributed by atoms with E-state index in [-0.39, 0.29) is 18.4 Å². The van der Waals surface area contributed by atoms with E-state index in [4.69, 9.17) is 5.11 Å². The molecule has 2 atom stereocenters. The molecule has 5 heteroatoms. The van der Waals surface area contributed by atoms with Crippen LogP contribution in [-0.2, 0) is 16.0 Å². The second-order valence-corrected chi connectivity index (χ2v) is 5.84. The molecule has 22 heavy (non-hydrogen) atoms. The van der Waals surface area contributed by atoms with Crippen LogP contribution < -0.4 is 0 Å². The monoisotopic (exact) mass is 305 g/mol. The van der Waals surface area contributed by atoms with Crippen molar-refractivity contribution in [3.8, 4) is 0 Å². The molecule has 0 aromatic heterocycles. The van der Waals surface area contributed by atoms with Crippen molar-refractivity contribution < 1.29 is 19.8 Å². The van der Waals surface area contributed by atoms with Crippen LogP contribution in [0.4, 0.5) is 0 Å². The van der Waals surface area contributed by atoms with Gasteiger partial charge in [-0.1, -0.05) is 31.2 Å². The lowest BCUT2D eigenvalue weighted by molar-refractivity contribution is -0.146. The summed E-state index contributed by atoms with van der Waals surface area (Å²) in [5.74, 6) is -1.29. The maximum absolute atomic E-state index is 12.0. The smallest absolute Gasteiger partial charge is 0.308 e. The molecule has 1 aliphatic rings. The number of benzene rings is 1. The third kappa shape index (κ3) is 3.85. The van der Waals surface area contributed by atoms with Crippen molar-refractivity contribution in [1.82, 2.24) is 4.90 Å². The topological polar surface area (TPSA) is 77.8 Å². The Hall–Kier alpha value is -1.88. The lowest BCUT2D eigenvalue weighted by Crippen LogP contribution is -2.45. The normalized spacial score (nSPS) is 21.6. The van der Waals surface area contributed by atoms with Crippen LogP contribution in [0, 0.1) is 5.92 Å². The van der Waals surface area contributed by atoms with Gasteiger partial charge in [-0.05, 0) is 24.0 Å². The van der Waals surface area contributed by atoms with E-state index in [0.29, 0.717) is 32.4 Å². The second kappa shape index (κ2) is 7.40. The summed E-state index contributed by atoms with van der Waals surface area (Å²) in [6.45, 7) is 2.80. The predicted molar refractivity (Wildman–Crippen MR) is 82.6 cm³/mol. The van der Waals surface area contributed by atoms with Crippen LogP contribution in [0.15, 0.2) is 24.3 Å².